The molecule has 110 valence electrons. The molecule has 1 aromatic heterocycles. The molecule has 1 aliphatic heterocycles. The maximum absolute atomic E-state index is 5.96. The van der Waals surface area contributed by atoms with Crippen LogP contribution in [0.3, 0.4) is 0 Å². The zero-order valence-electron chi connectivity index (χ0n) is 11.9. The Kier molecular flexibility index (Phi) is 3.79. The van der Waals surface area contributed by atoms with Crippen molar-refractivity contribution in [2.75, 3.05) is 30.9 Å². The fourth-order valence-corrected chi connectivity index (χ4v) is 2.41. The van der Waals surface area contributed by atoms with Crippen LogP contribution in [0.5, 0.6) is 5.75 Å². The third-order valence-corrected chi connectivity index (χ3v) is 3.43. The molecular formula is C14H16ClN5O. The van der Waals surface area contributed by atoms with Gasteiger partial charge in [0.25, 0.3) is 0 Å². The third kappa shape index (κ3) is 3.00. The second-order valence-corrected chi connectivity index (χ2v) is 5.33. The van der Waals surface area contributed by atoms with Crippen molar-refractivity contribution in [3.05, 3.63) is 35.1 Å². The SMILES string of the molecule is CN(C)c1nc(Cl)nc(NC2CCOc3ccccc32)n1. The quantitative estimate of drug-likeness (QED) is 0.940. The molecule has 1 aromatic carbocycles. The van der Waals surface area contributed by atoms with Gasteiger partial charge in [-0.3, -0.25) is 0 Å². The molecule has 1 N–H and O–H groups in total. The number of anilines is 2. The summed E-state index contributed by atoms with van der Waals surface area (Å²) < 4.78 is 5.65. The molecule has 0 radical (unpaired) electrons. The van der Waals surface area contributed by atoms with Crippen LogP contribution in [0, 0.1) is 0 Å². The summed E-state index contributed by atoms with van der Waals surface area (Å²) in [4.78, 5) is 14.4. The zero-order chi connectivity index (χ0) is 14.8. The van der Waals surface area contributed by atoms with Crippen molar-refractivity contribution in [3.8, 4) is 5.75 Å². The van der Waals surface area contributed by atoms with Crippen molar-refractivity contribution >= 4 is 23.5 Å². The Balaban J connectivity index is 1.88. The van der Waals surface area contributed by atoms with E-state index >= 15 is 0 Å². The van der Waals surface area contributed by atoms with E-state index in [1.807, 2.05) is 38.4 Å². The summed E-state index contributed by atoms with van der Waals surface area (Å²) in [7, 11) is 3.72. The van der Waals surface area contributed by atoms with Gasteiger partial charge in [0.15, 0.2) is 0 Å². The molecular weight excluding hydrogens is 290 g/mol. The van der Waals surface area contributed by atoms with E-state index in [0.29, 0.717) is 18.5 Å². The number of hydrogen-bond acceptors (Lipinski definition) is 6. The van der Waals surface area contributed by atoms with E-state index in [-0.39, 0.29) is 11.3 Å². The number of halogens is 1. The lowest BCUT2D eigenvalue weighted by Gasteiger charge is -2.26. The van der Waals surface area contributed by atoms with E-state index in [1.165, 1.54) is 0 Å². The van der Waals surface area contributed by atoms with Crippen LogP contribution in [0.25, 0.3) is 0 Å². The van der Waals surface area contributed by atoms with Crippen LogP contribution in [0.4, 0.5) is 11.9 Å². The molecule has 0 aliphatic carbocycles. The van der Waals surface area contributed by atoms with Crippen LogP contribution in [-0.2, 0) is 0 Å². The van der Waals surface area contributed by atoms with Gasteiger partial charge in [0, 0.05) is 26.1 Å². The van der Waals surface area contributed by atoms with Crippen LogP contribution >= 0.6 is 11.6 Å². The monoisotopic (exact) mass is 305 g/mol. The maximum atomic E-state index is 5.96. The number of rotatable bonds is 3. The van der Waals surface area contributed by atoms with Crippen molar-refractivity contribution in [3.63, 3.8) is 0 Å². The predicted octanol–water partition coefficient (Wildman–Crippen LogP) is 2.53. The van der Waals surface area contributed by atoms with E-state index in [1.54, 1.807) is 4.90 Å². The largest absolute Gasteiger partial charge is 0.493 e. The Hall–Kier alpha value is -2.08. The Morgan fingerprint density at radius 1 is 1.24 bits per heavy atom. The normalized spacial score (nSPS) is 16.8. The molecule has 2 aromatic rings. The van der Waals surface area contributed by atoms with E-state index in [4.69, 9.17) is 16.3 Å². The summed E-state index contributed by atoms with van der Waals surface area (Å²) in [6.07, 6.45) is 0.845. The highest BCUT2D eigenvalue weighted by atomic mass is 35.5. The van der Waals surface area contributed by atoms with Gasteiger partial charge in [0.1, 0.15) is 5.75 Å². The highest BCUT2D eigenvalue weighted by molar-refractivity contribution is 6.28. The Morgan fingerprint density at radius 2 is 2.05 bits per heavy atom. The van der Waals surface area contributed by atoms with Crippen LogP contribution < -0.4 is 15.0 Å². The highest BCUT2D eigenvalue weighted by Gasteiger charge is 2.22. The Bertz CT molecular complexity index is 649. The molecule has 0 fully saturated rings. The zero-order valence-corrected chi connectivity index (χ0v) is 12.6. The van der Waals surface area contributed by atoms with E-state index < -0.39 is 0 Å². The van der Waals surface area contributed by atoms with Gasteiger partial charge in [0.2, 0.25) is 17.2 Å². The second kappa shape index (κ2) is 5.73. The molecule has 0 spiro atoms. The van der Waals surface area contributed by atoms with Gasteiger partial charge in [-0.05, 0) is 17.7 Å². The average Bonchev–Trinajstić information content (AvgIpc) is 2.47. The van der Waals surface area contributed by atoms with Crippen LogP contribution in [-0.4, -0.2) is 35.7 Å². The molecule has 6 nitrogen and oxygen atoms in total. The molecule has 0 saturated carbocycles. The molecule has 1 aliphatic rings. The van der Waals surface area contributed by atoms with E-state index in [9.17, 15) is 0 Å². The molecule has 0 amide bonds. The number of nitrogens with one attached hydrogen (secondary N) is 1. The van der Waals surface area contributed by atoms with Gasteiger partial charge < -0.3 is 15.0 Å². The number of aromatic nitrogens is 3. The first kappa shape index (κ1) is 13.9. The van der Waals surface area contributed by atoms with Gasteiger partial charge >= 0.3 is 0 Å². The summed E-state index contributed by atoms with van der Waals surface area (Å²) in [5.74, 6) is 1.90. The molecule has 1 atom stereocenters. The molecule has 3 rings (SSSR count). The van der Waals surface area contributed by atoms with Crippen LogP contribution in [0.1, 0.15) is 18.0 Å². The second-order valence-electron chi connectivity index (χ2n) is 4.99. The number of hydrogen-bond donors (Lipinski definition) is 1. The van der Waals surface area contributed by atoms with Crippen molar-refractivity contribution < 1.29 is 4.74 Å². The lowest BCUT2D eigenvalue weighted by molar-refractivity contribution is 0.274. The minimum atomic E-state index is 0.100. The van der Waals surface area contributed by atoms with Crippen LogP contribution in [0.2, 0.25) is 5.28 Å². The van der Waals surface area contributed by atoms with E-state index in [2.05, 4.69) is 20.3 Å². The molecule has 21 heavy (non-hydrogen) atoms. The smallest absolute Gasteiger partial charge is 0.230 e. The first-order valence-electron chi connectivity index (χ1n) is 6.70. The van der Waals surface area contributed by atoms with Crippen molar-refractivity contribution in [1.29, 1.82) is 0 Å². The average molecular weight is 306 g/mol. The number of ether oxygens (including phenoxy) is 1. The van der Waals surface area contributed by atoms with Crippen molar-refractivity contribution in [2.24, 2.45) is 0 Å². The van der Waals surface area contributed by atoms with Gasteiger partial charge in [-0.25, -0.2) is 0 Å². The molecule has 2 heterocycles. The first-order chi connectivity index (χ1) is 10.1. The minimum Gasteiger partial charge on any atom is -0.493 e. The fraction of sp³-hybridized carbons (Fsp3) is 0.357. The van der Waals surface area contributed by atoms with Gasteiger partial charge in [0.05, 0.1) is 12.6 Å². The lowest BCUT2D eigenvalue weighted by atomic mass is 10.0. The number of para-hydroxylation sites is 1. The summed E-state index contributed by atoms with van der Waals surface area (Å²) in [6.45, 7) is 0.661. The summed E-state index contributed by atoms with van der Waals surface area (Å²) in [5, 5.41) is 3.50. The summed E-state index contributed by atoms with van der Waals surface area (Å²) in [6, 6.07) is 8.07. The first-order valence-corrected chi connectivity index (χ1v) is 7.08. The van der Waals surface area contributed by atoms with Gasteiger partial charge in [-0.1, -0.05) is 18.2 Å². The Morgan fingerprint density at radius 3 is 2.86 bits per heavy atom. The Labute approximate surface area is 128 Å². The topological polar surface area (TPSA) is 63.2 Å². The third-order valence-electron chi connectivity index (χ3n) is 3.26. The summed E-state index contributed by atoms with van der Waals surface area (Å²) >= 11 is 5.96. The maximum Gasteiger partial charge on any atom is 0.230 e. The van der Waals surface area contributed by atoms with Crippen molar-refractivity contribution in [2.45, 2.75) is 12.5 Å². The van der Waals surface area contributed by atoms with E-state index in [0.717, 1.165) is 17.7 Å². The van der Waals surface area contributed by atoms with Crippen LogP contribution in [0.15, 0.2) is 24.3 Å². The molecule has 7 heteroatoms. The van der Waals surface area contributed by atoms with Gasteiger partial charge in [-0.15, -0.1) is 0 Å². The summed E-state index contributed by atoms with van der Waals surface area (Å²) in [5.41, 5.74) is 1.10. The fourth-order valence-electron chi connectivity index (χ4n) is 2.25. The minimum absolute atomic E-state index is 0.100. The van der Waals surface area contributed by atoms with Gasteiger partial charge in [-0.2, -0.15) is 15.0 Å². The predicted molar refractivity (Wildman–Crippen MR) is 82.1 cm³/mol. The lowest BCUT2D eigenvalue weighted by Crippen LogP contribution is -2.22. The highest BCUT2D eigenvalue weighted by Crippen LogP contribution is 2.33. The van der Waals surface area contributed by atoms with Crippen molar-refractivity contribution in [1.82, 2.24) is 15.0 Å². The number of nitrogens with zero attached hydrogens (tertiary/aromatic N) is 4. The standard InChI is InChI=1S/C14H16ClN5O/c1-20(2)14-18-12(15)17-13(19-14)16-10-7-8-21-11-6-4-3-5-9(10)11/h3-6,10H,7-8H2,1-2H3,(H,16,17,18,19). The number of benzene rings is 1. The molecule has 0 bridgehead atoms. The molecule has 1 unspecified atom stereocenters. The number of fused-ring (bicyclic) bond motifs is 1. The molecule has 0 saturated heterocycles.